The number of para-hydroxylation sites is 1. The molecule has 0 saturated heterocycles. The summed E-state index contributed by atoms with van der Waals surface area (Å²) in [6.07, 6.45) is 0.993. The molecule has 3 heteroatoms. The third-order valence-corrected chi connectivity index (χ3v) is 4.16. The first-order chi connectivity index (χ1) is 10.3. The minimum Gasteiger partial charge on any atom is -0.493 e. The maximum atomic E-state index is 6.43. The first kappa shape index (κ1) is 15.9. The number of hydrogen-bond acceptors (Lipinski definition) is 3. The molecule has 0 aliphatic heterocycles. The summed E-state index contributed by atoms with van der Waals surface area (Å²) in [7, 11) is 0. The normalized spacial score (nSPS) is 12.1. The first-order valence-corrected chi connectivity index (χ1v) is 8.44. The third kappa shape index (κ3) is 4.26. The van der Waals surface area contributed by atoms with Gasteiger partial charge in [0.05, 0.1) is 12.6 Å². The van der Waals surface area contributed by atoms with Crippen LogP contribution < -0.4 is 10.5 Å². The summed E-state index contributed by atoms with van der Waals surface area (Å²) in [5.41, 5.74) is 8.58. The van der Waals surface area contributed by atoms with Crippen LogP contribution in [0.4, 0.5) is 0 Å². The number of nitrogens with two attached hydrogens (primary N) is 1. The Morgan fingerprint density at radius 1 is 1.05 bits per heavy atom. The molecule has 2 rings (SSSR count). The topological polar surface area (TPSA) is 35.2 Å². The molecule has 0 spiro atoms. The third-order valence-electron chi connectivity index (χ3n) is 3.27. The zero-order valence-corrected chi connectivity index (χ0v) is 13.5. The van der Waals surface area contributed by atoms with Crippen molar-refractivity contribution in [3.05, 3.63) is 59.7 Å². The summed E-state index contributed by atoms with van der Waals surface area (Å²) in [5, 5.41) is 0. The van der Waals surface area contributed by atoms with E-state index in [0.29, 0.717) is 0 Å². The van der Waals surface area contributed by atoms with Gasteiger partial charge in [-0.25, -0.2) is 0 Å². The minimum absolute atomic E-state index is 0.154. The van der Waals surface area contributed by atoms with E-state index in [1.165, 1.54) is 4.90 Å². The van der Waals surface area contributed by atoms with Crippen LogP contribution in [-0.4, -0.2) is 12.4 Å². The summed E-state index contributed by atoms with van der Waals surface area (Å²) in [5.74, 6) is 1.97. The largest absolute Gasteiger partial charge is 0.493 e. The van der Waals surface area contributed by atoms with Crippen LogP contribution in [0.25, 0.3) is 0 Å². The second-order valence-electron chi connectivity index (χ2n) is 4.87. The molecular weight excluding hydrogens is 278 g/mol. The zero-order valence-electron chi connectivity index (χ0n) is 12.7. The van der Waals surface area contributed by atoms with Gasteiger partial charge in [-0.05, 0) is 35.9 Å². The maximum Gasteiger partial charge on any atom is 0.124 e. The molecule has 2 aromatic rings. The average molecular weight is 301 g/mol. The fourth-order valence-electron chi connectivity index (χ4n) is 2.20. The Bertz CT molecular complexity index is 553. The van der Waals surface area contributed by atoms with Crippen molar-refractivity contribution < 1.29 is 4.74 Å². The summed E-state index contributed by atoms with van der Waals surface area (Å²) >= 11 is 1.84. The van der Waals surface area contributed by atoms with Gasteiger partial charge < -0.3 is 10.5 Å². The average Bonchev–Trinajstić information content (AvgIpc) is 2.53. The second-order valence-corrected chi connectivity index (χ2v) is 6.20. The summed E-state index contributed by atoms with van der Waals surface area (Å²) in [6.45, 7) is 4.98. The molecule has 1 unspecified atom stereocenters. The standard InChI is InChI=1S/C18H23NOS/c1-3-13-20-17-8-6-5-7-16(17)18(19)14-9-11-15(12-10-14)21-4-2/h5-12,18H,3-4,13,19H2,1-2H3. The minimum atomic E-state index is -0.154. The van der Waals surface area contributed by atoms with Crippen LogP contribution in [0.15, 0.2) is 53.4 Å². The van der Waals surface area contributed by atoms with Crippen LogP contribution in [-0.2, 0) is 0 Å². The monoisotopic (exact) mass is 301 g/mol. The molecule has 0 aromatic heterocycles. The molecule has 2 aromatic carbocycles. The number of ether oxygens (including phenoxy) is 1. The van der Waals surface area contributed by atoms with Crippen molar-refractivity contribution in [1.82, 2.24) is 0 Å². The van der Waals surface area contributed by atoms with Crippen LogP contribution in [0.2, 0.25) is 0 Å². The smallest absolute Gasteiger partial charge is 0.124 e. The lowest BCUT2D eigenvalue weighted by Gasteiger charge is -2.17. The summed E-state index contributed by atoms with van der Waals surface area (Å²) in [4.78, 5) is 1.28. The van der Waals surface area contributed by atoms with E-state index in [2.05, 4.69) is 38.1 Å². The lowest BCUT2D eigenvalue weighted by atomic mass is 9.99. The molecule has 0 aliphatic carbocycles. The van der Waals surface area contributed by atoms with E-state index in [1.54, 1.807) is 0 Å². The van der Waals surface area contributed by atoms with Gasteiger partial charge in [0.15, 0.2) is 0 Å². The fraction of sp³-hybridized carbons (Fsp3) is 0.333. The van der Waals surface area contributed by atoms with Crippen LogP contribution >= 0.6 is 11.8 Å². The Kier molecular flexibility index (Phi) is 6.15. The van der Waals surface area contributed by atoms with Gasteiger partial charge in [-0.1, -0.05) is 44.2 Å². The molecule has 0 fully saturated rings. The van der Waals surface area contributed by atoms with Gasteiger partial charge in [0, 0.05) is 10.5 Å². The Balaban J connectivity index is 2.20. The quantitative estimate of drug-likeness (QED) is 0.757. The molecule has 0 amide bonds. The second kappa shape index (κ2) is 8.11. The highest BCUT2D eigenvalue weighted by Gasteiger charge is 2.13. The van der Waals surface area contributed by atoms with E-state index < -0.39 is 0 Å². The Morgan fingerprint density at radius 2 is 1.76 bits per heavy atom. The predicted molar refractivity (Wildman–Crippen MR) is 91.1 cm³/mol. The van der Waals surface area contributed by atoms with E-state index in [0.717, 1.165) is 35.7 Å². The van der Waals surface area contributed by atoms with Gasteiger partial charge in [0.2, 0.25) is 0 Å². The van der Waals surface area contributed by atoms with Crippen molar-refractivity contribution in [1.29, 1.82) is 0 Å². The van der Waals surface area contributed by atoms with Crippen molar-refractivity contribution in [2.75, 3.05) is 12.4 Å². The number of benzene rings is 2. The van der Waals surface area contributed by atoms with E-state index in [4.69, 9.17) is 10.5 Å². The molecule has 0 aliphatic rings. The molecule has 0 saturated carbocycles. The van der Waals surface area contributed by atoms with E-state index in [-0.39, 0.29) is 6.04 Å². The highest BCUT2D eigenvalue weighted by molar-refractivity contribution is 7.99. The molecule has 0 bridgehead atoms. The Hall–Kier alpha value is -1.45. The fourth-order valence-corrected chi connectivity index (χ4v) is 2.86. The van der Waals surface area contributed by atoms with Crippen LogP contribution in [0.1, 0.15) is 37.4 Å². The van der Waals surface area contributed by atoms with E-state index >= 15 is 0 Å². The highest BCUT2D eigenvalue weighted by Crippen LogP contribution is 2.29. The van der Waals surface area contributed by atoms with Crippen molar-refractivity contribution in [2.45, 2.75) is 31.2 Å². The van der Waals surface area contributed by atoms with Crippen molar-refractivity contribution >= 4 is 11.8 Å². The van der Waals surface area contributed by atoms with Crippen molar-refractivity contribution in [3.63, 3.8) is 0 Å². The lowest BCUT2D eigenvalue weighted by molar-refractivity contribution is 0.313. The van der Waals surface area contributed by atoms with Crippen molar-refractivity contribution in [2.24, 2.45) is 5.73 Å². The van der Waals surface area contributed by atoms with Gasteiger partial charge in [-0.15, -0.1) is 11.8 Å². The molecule has 0 heterocycles. The van der Waals surface area contributed by atoms with E-state index in [1.807, 2.05) is 36.0 Å². The predicted octanol–water partition coefficient (Wildman–Crippen LogP) is 4.64. The summed E-state index contributed by atoms with van der Waals surface area (Å²) in [6, 6.07) is 16.4. The molecule has 2 N–H and O–H groups in total. The molecule has 21 heavy (non-hydrogen) atoms. The maximum absolute atomic E-state index is 6.43. The molecular formula is C18H23NOS. The van der Waals surface area contributed by atoms with Crippen LogP contribution in [0.5, 0.6) is 5.75 Å². The number of hydrogen-bond donors (Lipinski definition) is 1. The van der Waals surface area contributed by atoms with Crippen LogP contribution in [0, 0.1) is 0 Å². The Morgan fingerprint density at radius 3 is 2.43 bits per heavy atom. The SMILES string of the molecule is CCCOc1ccccc1C(N)c1ccc(SCC)cc1. The van der Waals surface area contributed by atoms with Gasteiger partial charge in [0.25, 0.3) is 0 Å². The highest BCUT2D eigenvalue weighted by atomic mass is 32.2. The lowest BCUT2D eigenvalue weighted by Crippen LogP contribution is -2.13. The van der Waals surface area contributed by atoms with Crippen molar-refractivity contribution in [3.8, 4) is 5.75 Å². The molecule has 0 radical (unpaired) electrons. The molecule has 112 valence electrons. The van der Waals surface area contributed by atoms with Gasteiger partial charge in [-0.3, -0.25) is 0 Å². The zero-order chi connectivity index (χ0) is 15.1. The Labute approximate surface area is 131 Å². The molecule has 1 atom stereocenters. The summed E-state index contributed by atoms with van der Waals surface area (Å²) < 4.78 is 5.81. The van der Waals surface area contributed by atoms with Gasteiger partial charge >= 0.3 is 0 Å². The number of thioether (sulfide) groups is 1. The van der Waals surface area contributed by atoms with Gasteiger partial charge in [0.1, 0.15) is 5.75 Å². The first-order valence-electron chi connectivity index (χ1n) is 7.46. The van der Waals surface area contributed by atoms with Gasteiger partial charge in [-0.2, -0.15) is 0 Å². The van der Waals surface area contributed by atoms with E-state index in [9.17, 15) is 0 Å². The van der Waals surface area contributed by atoms with Crippen LogP contribution in [0.3, 0.4) is 0 Å². The molecule has 2 nitrogen and oxygen atoms in total. The number of rotatable bonds is 7.